The van der Waals surface area contributed by atoms with E-state index in [-0.39, 0.29) is 27.8 Å². The summed E-state index contributed by atoms with van der Waals surface area (Å²) in [5.41, 5.74) is 0.277. The molecule has 2 N–H and O–H groups in total. The molecule has 1 aromatic rings. The Morgan fingerprint density at radius 1 is 1.33 bits per heavy atom. The molecule has 0 radical (unpaired) electrons. The molecule has 18 heavy (non-hydrogen) atoms. The first-order valence-corrected chi connectivity index (χ1v) is 6.64. The van der Waals surface area contributed by atoms with Crippen molar-refractivity contribution in [2.24, 2.45) is 0 Å². The lowest BCUT2D eigenvalue weighted by Gasteiger charge is -2.28. The number of hydrogen-bond acceptors (Lipinski definition) is 3. The second kappa shape index (κ2) is 5.87. The van der Waals surface area contributed by atoms with E-state index < -0.39 is 6.10 Å². The van der Waals surface area contributed by atoms with Crippen molar-refractivity contribution in [3.05, 3.63) is 28.0 Å². The predicted octanol–water partition coefficient (Wildman–Crippen LogP) is 2.42. The fraction of sp³-hybridized carbons (Fsp3) is 0.500. The van der Waals surface area contributed by atoms with E-state index in [0.717, 1.165) is 25.7 Å². The third-order valence-corrected chi connectivity index (χ3v) is 3.60. The molecule has 0 aromatic carbocycles. The average molecular weight is 289 g/mol. The Hall–Kier alpha value is -0.840. The summed E-state index contributed by atoms with van der Waals surface area (Å²) >= 11 is 11.5. The van der Waals surface area contributed by atoms with Gasteiger partial charge in [-0.1, -0.05) is 36.0 Å². The lowest BCUT2D eigenvalue weighted by Crippen LogP contribution is -2.45. The maximum absolute atomic E-state index is 12.0. The number of carbonyl (C=O) groups is 1. The fourth-order valence-electron chi connectivity index (χ4n) is 2.11. The highest BCUT2D eigenvalue weighted by molar-refractivity contribution is 6.34. The summed E-state index contributed by atoms with van der Waals surface area (Å²) in [6.45, 7) is 0. The quantitative estimate of drug-likeness (QED) is 0.822. The van der Waals surface area contributed by atoms with E-state index in [1.807, 2.05) is 0 Å². The van der Waals surface area contributed by atoms with Crippen LogP contribution in [0.3, 0.4) is 0 Å². The number of halogens is 2. The molecule has 1 saturated carbocycles. The Morgan fingerprint density at radius 2 is 2.06 bits per heavy atom. The fourth-order valence-corrected chi connectivity index (χ4v) is 2.54. The molecule has 0 bridgehead atoms. The van der Waals surface area contributed by atoms with E-state index in [4.69, 9.17) is 23.2 Å². The molecule has 1 amide bonds. The van der Waals surface area contributed by atoms with Gasteiger partial charge in [-0.3, -0.25) is 4.79 Å². The number of rotatable bonds is 2. The van der Waals surface area contributed by atoms with E-state index in [1.54, 1.807) is 0 Å². The third kappa shape index (κ3) is 3.13. The highest BCUT2D eigenvalue weighted by Crippen LogP contribution is 2.20. The molecule has 2 rings (SSSR count). The average Bonchev–Trinajstić information content (AvgIpc) is 2.32. The number of carbonyl (C=O) groups excluding carboxylic acids is 1. The number of pyridine rings is 1. The Labute approximate surface area is 115 Å². The zero-order chi connectivity index (χ0) is 13.1. The predicted molar refractivity (Wildman–Crippen MR) is 70.0 cm³/mol. The van der Waals surface area contributed by atoms with Crippen molar-refractivity contribution in [3.63, 3.8) is 0 Å². The van der Waals surface area contributed by atoms with E-state index in [9.17, 15) is 9.90 Å². The molecule has 0 saturated heterocycles. The van der Waals surface area contributed by atoms with Crippen molar-refractivity contribution in [3.8, 4) is 0 Å². The van der Waals surface area contributed by atoms with Gasteiger partial charge >= 0.3 is 0 Å². The van der Waals surface area contributed by atoms with Crippen LogP contribution in [0.2, 0.25) is 10.3 Å². The van der Waals surface area contributed by atoms with Crippen LogP contribution in [0.4, 0.5) is 0 Å². The molecular weight excluding hydrogens is 275 g/mol. The Kier molecular flexibility index (Phi) is 4.43. The van der Waals surface area contributed by atoms with Gasteiger partial charge in [0.25, 0.3) is 5.91 Å². The monoisotopic (exact) mass is 288 g/mol. The molecule has 0 unspecified atom stereocenters. The van der Waals surface area contributed by atoms with Crippen LogP contribution in [0.5, 0.6) is 0 Å². The van der Waals surface area contributed by atoms with E-state index >= 15 is 0 Å². The lowest BCUT2D eigenvalue weighted by molar-refractivity contribution is 0.0717. The summed E-state index contributed by atoms with van der Waals surface area (Å²) in [5.74, 6) is -0.324. The second-order valence-electron chi connectivity index (χ2n) is 4.40. The molecule has 1 fully saturated rings. The highest BCUT2D eigenvalue weighted by atomic mass is 35.5. The first-order valence-electron chi connectivity index (χ1n) is 5.89. The van der Waals surface area contributed by atoms with Gasteiger partial charge in [0, 0.05) is 0 Å². The van der Waals surface area contributed by atoms with Crippen LogP contribution in [-0.2, 0) is 0 Å². The standard InChI is InChI=1S/C12H14Cl2N2O2/c13-10-6-5-7(11(14)16-10)12(18)15-8-3-1-2-4-9(8)17/h5-6,8-9,17H,1-4H2,(H,15,18)/t8-,9-/m1/s1. The van der Waals surface area contributed by atoms with E-state index in [0.29, 0.717) is 0 Å². The van der Waals surface area contributed by atoms with Gasteiger partial charge in [-0.05, 0) is 25.0 Å². The van der Waals surface area contributed by atoms with Crippen LogP contribution in [0, 0.1) is 0 Å². The Morgan fingerprint density at radius 3 is 2.72 bits per heavy atom. The van der Waals surface area contributed by atoms with Crippen LogP contribution in [0.1, 0.15) is 36.0 Å². The molecule has 1 heterocycles. The molecule has 1 aromatic heterocycles. The van der Waals surface area contributed by atoms with Crippen molar-refractivity contribution in [2.75, 3.05) is 0 Å². The first kappa shape index (κ1) is 13.6. The van der Waals surface area contributed by atoms with Gasteiger partial charge in [0.15, 0.2) is 0 Å². The number of nitrogens with zero attached hydrogens (tertiary/aromatic N) is 1. The topological polar surface area (TPSA) is 62.2 Å². The maximum atomic E-state index is 12.0. The molecule has 0 aliphatic heterocycles. The Bertz CT molecular complexity index is 454. The molecule has 4 nitrogen and oxygen atoms in total. The van der Waals surface area contributed by atoms with Crippen molar-refractivity contribution in [2.45, 2.75) is 37.8 Å². The minimum atomic E-state index is -0.485. The van der Waals surface area contributed by atoms with Crippen LogP contribution < -0.4 is 5.32 Å². The second-order valence-corrected chi connectivity index (χ2v) is 5.15. The molecule has 98 valence electrons. The zero-order valence-electron chi connectivity index (χ0n) is 9.70. The van der Waals surface area contributed by atoms with Crippen molar-refractivity contribution in [1.29, 1.82) is 0 Å². The van der Waals surface area contributed by atoms with Crippen molar-refractivity contribution >= 4 is 29.1 Å². The van der Waals surface area contributed by atoms with E-state index in [2.05, 4.69) is 10.3 Å². The highest BCUT2D eigenvalue weighted by Gasteiger charge is 2.25. The number of aromatic nitrogens is 1. The van der Waals surface area contributed by atoms with E-state index in [1.165, 1.54) is 12.1 Å². The first-order chi connectivity index (χ1) is 8.58. The van der Waals surface area contributed by atoms with Gasteiger partial charge in [-0.15, -0.1) is 0 Å². The Balaban J connectivity index is 2.07. The van der Waals surface area contributed by atoms with Crippen molar-refractivity contribution in [1.82, 2.24) is 10.3 Å². The smallest absolute Gasteiger partial charge is 0.254 e. The molecule has 2 atom stereocenters. The van der Waals surface area contributed by atoms with Gasteiger partial charge in [-0.25, -0.2) is 4.98 Å². The summed E-state index contributed by atoms with van der Waals surface area (Å²) in [6.07, 6.45) is 3.02. The minimum Gasteiger partial charge on any atom is -0.391 e. The molecule has 1 aliphatic carbocycles. The summed E-state index contributed by atoms with van der Waals surface area (Å²) in [7, 11) is 0. The normalized spacial score (nSPS) is 23.7. The summed E-state index contributed by atoms with van der Waals surface area (Å²) in [4.78, 5) is 15.8. The molecule has 1 aliphatic rings. The maximum Gasteiger partial charge on any atom is 0.254 e. The van der Waals surface area contributed by atoms with Gasteiger partial charge in [0.05, 0.1) is 17.7 Å². The number of hydrogen-bond donors (Lipinski definition) is 2. The number of aliphatic hydroxyl groups is 1. The summed E-state index contributed by atoms with van der Waals surface area (Å²) in [6, 6.07) is 2.83. The lowest BCUT2D eigenvalue weighted by atomic mass is 9.92. The third-order valence-electron chi connectivity index (χ3n) is 3.11. The van der Waals surface area contributed by atoms with Crippen LogP contribution in [0.15, 0.2) is 12.1 Å². The molecule has 0 spiro atoms. The summed E-state index contributed by atoms with van der Waals surface area (Å²) in [5, 5.41) is 12.9. The van der Waals surface area contributed by atoms with Gasteiger partial charge < -0.3 is 10.4 Å². The number of nitrogens with one attached hydrogen (secondary N) is 1. The van der Waals surface area contributed by atoms with Gasteiger partial charge in [0.2, 0.25) is 0 Å². The molecular formula is C12H14Cl2N2O2. The SMILES string of the molecule is O=C(N[C@@H]1CCCC[C@H]1O)c1ccc(Cl)nc1Cl. The minimum absolute atomic E-state index is 0.0744. The van der Waals surface area contributed by atoms with Crippen LogP contribution >= 0.6 is 23.2 Å². The van der Waals surface area contributed by atoms with Crippen molar-refractivity contribution < 1.29 is 9.90 Å². The summed E-state index contributed by atoms with van der Waals surface area (Å²) < 4.78 is 0. The van der Waals surface area contributed by atoms with Gasteiger partial charge in [-0.2, -0.15) is 0 Å². The zero-order valence-corrected chi connectivity index (χ0v) is 11.2. The molecule has 6 heteroatoms. The van der Waals surface area contributed by atoms with Crippen LogP contribution in [-0.4, -0.2) is 28.1 Å². The number of aliphatic hydroxyl groups excluding tert-OH is 1. The number of amides is 1. The van der Waals surface area contributed by atoms with Crippen LogP contribution in [0.25, 0.3) is 0 Å². The van der Waals surface area contributed by atoms with Gasteiger partial charge in [0.1, 0.15) is 10.3 Å². The largest absolute Gasteiger partial charge is 0.391 e.